The Hall–Kier alpha value is -6.58. The number of pyridine rings is 3. The molecule has 0 bridgehead atoms. The van der Waals surface area contributed by atoms with E-state index < -0.39 is 0 Å². The predicted octanol–water partition coefficient (Wildman–Crippen LogP) is 22.5. The molecular weight excluding hydrogens is 1090 g/mol. The monoisotopic (exact) mass is 1210 g/mol. The van der Waals surface area contributed by atoms with Crippen molar-refractivity contribution in [2.75, 3.05) is 0 Å². The van der Waals surface area contributed by atoms with E-state index >= 15 is 0 Å². The summed E-state index contributed by atoms with van der Waals surface area (Å²) in [6.07, 6.45) is 16.3. The fourth-order valence-corrected chi connectivity index (χ4v) is 9.56. The molecule has 0 saturated carbocycles. The molecule has 0 amide bonds. The molecule has 0 fully saturated rings. The Balaban J connectivity index is 0.000000345. The molecule has 0 aliphatic rings. The van der Waals surface area contributed by atoms with Gasteiger partial charge >= 0.3 is 0 Å². The molecular formula is C79H117N7OS. The lowest BCUT2D eigenvalue weighted by Gasteiger charge is -2.28. The molecule has 2 aromatic carbocycles. The maximum Gasteiger partial charge on any atom is 0.112 e. The van der Waals surface area contributed by atoms with E-state index in [1.165, 1.54) is 60.5 Å². The molecule has 7 heterocycles. The summed E-state index contributed by atoms with van der Waals surface area (Å²) in [6.45, 7) is 68.0. The van der Waals surface area contributed by atoms with Crippen molar-refractivity contribution < 1.29 is 4.42 Å². The van der Waals surface area contributed by atoms with Crippen LogP contribution in [0.1, 0.15) is 250 Å². The molecule has 8 nitrogen and oxygen atoms in total. The van der Waals surface area contributed by atoms with Gasteiger partial charge in [0.2, 0.25) is 0 Å². The van der Waals surface area contributed by atoms with Crippen LogP contribution in [0, 0.1) is 48.5 Å². The number of thiophene rings is 1. The third-order valence-corrected chi connectivity index (χ3v) is 16.3. The van der Waals surface area contributed by atoms with Crippen LogP contribution in [0.3, 0.4) is 0 Å². The van der Waals surface area contributed by atoms with Crippen molar-refractivity contribution in [2.45, 2.75) is 258 Å². The number of hydrogen-bond acceptors (Lipinski definition) is 8. The lowest BCUT2D eigenvalue weighted by atomic mass is 9.77. The van der Waals surface area contributed by atoms with Gasteiger partial charge in [0.25, 0.3) is 0 Å². The number of H-pyrrole nitrogens is 1. The molecule has 1 N–H and O–H groups in total. The molecule has 9 aromatic rings. The van der Waals surface area contributed by atoms with E-state index in [2.05, 4.69) is 290 Å². The van der Waals surface area contributed by atoms with Crippen LogP contribution in [-0.2, 0) is 43.3 Å². The number of aromatic amines is 1. The smallest absolute Gasteiger partial charge is 0.112 e. The second kappa shape index (κ2) is 32.8. The third kappa shape index (κ3) is 26.6. The Kier molecular flexibility index (Phi) is 28.9. The Morgan fingerprint density at radius 3 is 1.28 bits per heavy atom. The van der Waals surface area contributed by atoms with Crippen molar-refractivity contribution in [3.8, 4) is 0 Å². The standard InChI is InChI=1S/C15H24.C11H14N2.C11H17N.2C9H13N.C8H12N2.C8H12O.C8H12S/c1-9-10(2)12(4)14(15(6,7)8)13(5)11(9)3;1-11(2,3)10-12-8-6-4-5-7-9(8)13-10;1-8-6-10(11(3,4)5)7-12-9(8)2;1-9(2,3)8-4-6-10-7-5-8;1-9(2,3)8-5-4-6-10-7-8;1-8(2,3)7-6-9-4-5-10-7;2*1-8(2,3)7-5-4-6-9-7/h1-8H3;4-7H,1-3H3,(H,12,13);6-7H,1-5H3;2*4-7H,1-3H3;4-6H,1-3H3;2*4-6H,1-3H3. The Morgan fingerprint density at radius 1 is 0.398 bits per heavy atom. The highest BCUT2D eigenvalue weighted by Crippen LogP contribution is 2.35. The summed E-state index contributed by atoms with van der Waals surface area (Å²) in [5.74, 6) is 2.09. The van der Waals surface area contributed by atoms with Crippen molar-refractivity contribution >= 4 is 22.4 Å². The highest BCUT2D eigenvalue weighted by atomic mass is 32.1. The van der Waals surface area contributed by atoms with Crippen LogP contribution in [0.15, 0.2) is 144 Å². The van der Waals surface area contributed by atoms with E-state index in [9.17, 15) is 0 Å². The summed E-state index contributed by atoms with van der Waals surface area (Å²) >= 11 is 1.83. The molecule has 0 aliphatic heterocycles. The van der Waals surface area contributed by atoms with Crippen LogP contribution in [0.5, 0.6) is 0 Å². The van der Waals surface area contributed by atoms with Gasteiger partial charge in [-0.15, -0.1) is 11.3 Å². The number of furan rings is 1. The summed E-state index contributed by atoms with van der Waals surface area (Å²) in [5.41, 5.74) is 20.1. The second-order valence-electron chi connectivity index (χ2n) is 31.3. The maximum absolute atomic E-state index is 5.20. The largest absolute Gasteiger partial charge is 0.469 e. The fraction of sp³-hybridized carbons (Fsp3) is 0.494. The first kappa shape index (κ1) is 77.5. The average Bonchev–Trinajstić information content (AvgIpc) is 3.27. The van der Waals surface area contributed by atoms with Gasteiger partial charge in [-0.1, -0.05) is 197 Å². The molecule has 0 unspecified atom stereocenters. The fourth-order valence-electron chi connectivity index (χ4n) is 8.74. The first-order chi connectivity index (χ1) is 40.2. The number of nitrogens with zero attached hydrogens (tertiary/aromatic N) is 6. The number of fused-ring (bicyclic) bond motifs is 1. The number of benzene rings is 2. The van der Waals surface area contributed by atoms with Gasteiger partial charge in [-0.3, -0.25) is 24.9 Å². The van der Waals surface area contributed by atoms with Gasteiger partial charge in [0, 0.05) is 76.4 Å². The van der Waals surface area contributed by atoms with Crippen molar-refractivity contribution in [1.29, 1.82) is 0 Å². The third-order valence-electron chi connectivity index (χ3n) is 15.0. The molecule has 0 saturated heterocycles. The first-order valence-electron chi connectivity index (χ1n) is 31.3. The molecule has 7 aromatic heterocycles. The number of imidazole rings is 1. The van der Waals surface area contributed by atoms with E-state index in [1.807, 2.05) is 79.4 Å². The lowest BCUT2D eigenvalue weighted by molar-refractivity contribution is 0.409. The zero-order valence-electron chi connectivity index (χ0n) is 60.8. The minimum Gasteiger partial charge on any atom is -0.469 e. The van der Waals surface area contributed by atoms with E-state index in [1.54, 1.807) is 31.1 Å². The second-order valence-corrected chi connectivity index (χ2v) is 32.2. The van der Waals surface area contributed by atoms with Crippen molar-refractivity contribution in [2.24, 2.45) is 0 Å². The van der Waals surface area contributed by atoms with Crippen molar-refractivity contribution in [1.82, 2.24) is 34.9 Å². The number of hydrogen-bond donors (Lipinski definition) is 1. The van der Waals surface area contributed by atoms with E-state index in [0.29, 0.717) is 5.41 Å². The molecule has 0 spiro atoms. The maximum atomic E-state index is 5.20. The van der Waals surface area contributed by atoms with Gasteiger partial charge in [0.1, 0.15) is 11.6 Å². The van der Waals surface area contributed by atoms with Gasteiger partial charge < -0.3 is 9.40 Å². The van der Waals surface area contributed by atoms with Crippen LogP contribution in [0.4, 0.5) is 0 Å². The highest BCUT2D eigenvalue weighted by Gasteiger charge is 2.23. The zero-order chi connectivity index (χ0) is 67.4. The number of para-hydroxylation sites is 2. The Morgan fingerprint density at radius 2 is 0.943 bits per heavy atom. The van der Waals surface area contributed by atoms with Crippen LogP contribution in [0.25, 0.3) is 11.0 Å². The van der Waals surface area contributed by atoms with E-state index in [0.717, 1.165) is 34.0 Å². The zero-order valence-corrected chi connectivity index (χ0v) is 61.6. The summed E-state index contributed by atoms with van der Waals surface area (Å²) in [7, 11) is 0. The van der Waals surface area contributed by atoms with E-state index in [4.69, 9.17) is 4.42 Å². The summed E-state index contributed by atoms with van der Waals surface area (Å²) in [4.78, 5) is 29.8. The quantitative estimate of drug-likeness (QED) is 0.161. The minimum atomic E-state index is 0.0962. The summed E-state index contributed by atoms with van der Waals surface area (Å²) < 4.78 is 5.20. The van der Waals surface area contributed by atoms with Crippen LogP contribution < -0.4 is 0 Å². The average molecular weight is 1210 g/mol. The molecule has 0 radical (unpaired) electrons. The summed E-state index contributed by atoms with van der Waals surface area (Å²) in [6, 6.07) is 26.7. The van der Waals surface area contributed by atoms with Gasteiger partial charge in [-0.2, -0.15) is 0 Å². The van der Waals surface area contributed by atoms with Gasteiger partial charge in [-0.05, 0) is 185 Å². The van der Waals surface area contributed by atoms with Gasteiger partial charge in [0.05, 0.1) is 23.0 Å². The van der Waals surface area contributed by atoms with Gasteiger partial charge in [-0.25, -0.2) is 4.98 Å². The Labute approximate surface area is 540 Å². The van der Waals surface area contributed by atoms with Crippen LogP contribution >= 0.6 is 11.3 Å². The SMILES string of the molecule is CC(C)(C)c1cccnc1.CC(C)(C)c1ccco1.CC(C)(C)c1cccs1.CC(C)(C)c1ccncc1.CC(C)(C)c1cnccn1.CC(C)(C)c1nc2ccccc2[nH]1.Cc1c(C)c(C)c(C(C)(C)C)c(C)c1C.Cc1cc(C(C)(C)C)cnc1C. The minimum absolute atomic E-state index is 0.0962. The normalized spacial score (nSPS) is 11.8. The number of rotatable bonds is 0. The van der Waals surface area contributed by atoms with Crippen LogP contribution in [0.2, 0.25) is 0 Å². The van der Waals surface area contributed by atoms with E-state index in [-0.39, 0.29) is 37.9 Å². The molecule has 9 heteroatoms. The topological polar surface area (TPSA) is 106 Å². The Bertz CT molecular complexity index is 3170. The molecule has 0 atom stereocenters. The van der Waals surface area contributed by atoms with Crippen molar-refractivity contribution in [3.05, 3.63) is 224 Å². The number of aryl methyl sites for hydroxylation is 2. The number of aromatic nitrogens is 7. The molecule has 0 aliphatic carbocycles. The van der Waals surface area contributed by atoms with Crippen LogP contribution in [-0.4, -0.2) is 34.9 Å². The molecule has 480 valence electrons. The molecule has 9 rings (SSSR count). The predicted molar refractivity (Wildman–Crippen MR) is 383 cm³/mol. The molecule has 88 heavy (non-hydrogen) atoms. The van der Waals surface area contributed by atoms with Crippen molar-refractivity contribution in [3.63, 3.8) is 0 Å². The summed E-state index contributed by atoms with van der Waals surface area (Å²) in [5, 5.41) is 2.13. The first-order valence-corrected chi connectivity index (χ1v) is 32.2. The van der Waals surface area contributed by atoms with Gasteiger partial charge in [0.15, 0.2) is 0 Å². The lowest BCUT2D eigenvalue weighted by Crippen LogP contribution is -2.17. The highest BCUT2D eigenvalue weighted by molar-refractivity contribution is 7.10. The number of nitrogens with one attached hydrogen (secondary N) is 1.